The molecule has 0 heterocycles. The summed E-state index contributed by atoms with van der Waals surface area (Å²) in [5.74, 6) is -0.347. The number of nitrogens with one attached hydrogen (secondary N) is 1. The molecule has 0 fully saturated rings. The zero-order chi connectivity index (χ0) is 14.8. The fraction of sp³-hybridized carbons (Fsp3) is 0.333. The van der Waals surface area contributed by atoms with E-state index in [2.05, 4.69) is 5.32 Å². The van der Waals surface area contributed by atoms with E-state index in [-0.39, 0.29) is 17.9 Å². The van der Waals surface area contributed by atoms with Crippen LogP contribution >= 0.6 is 0 Å². The van der Waals surface area contributed by atoms with Crippen molar-refractivity contribution in [3.8, 4) is 11.8 Å². The number of benzene rings is 1. The molecule has 3 N–H and O–H groups in total. The van der Waals surface area contributed by atoms with E-state index in [4.69, 9.17) is 10.4 Å². The van der Waals surface area contributed by atoms with Gasteiger partial charge in [-0.3, -0.25) is 4.79 Å². The second kappa shape index (κ2) is 8.73. The number of rotatable bonds is 7. The van der Waals surface area contributed by atoms with Gasteiger partial charge >= 0.3 is 0 Å². The lowest BCUT2D eigenvalue weighted by Gasteiger charge is -2.04. The number of carbonyl (C=O) groups excluding carboxylic acids is 1. The highest BCUT2D eigenvalue weighted by atomic mass is 16.3. The van der Waals surface area contributed by atoms with Gasteiger partial charge in [-0.15, -0.1) is 0 Å². The molecule has 1 aromatic rings. The predicted molar refractivity (Wildman–Crippen MR) is 75.6 cm³/mol. The van der Waals surface area contributed by atoms with Crippen LogP contribution in [0.3, 0.4) is 0 Å². The fourth-order valence-corrected chi connectivity index (χ4v) is 1.64. The Labute approximate surface area is 118 Å². The van der Waals surface area contributed by atoms with Gasteiger partial charge in [0.2, 0.25) is 0 Å². The first-order chi connectivity index (χ1) is 9.67. The van der Waals surface area contributed by atoms with Gasteiger partial charge in [0.15, 0.2) is 0 Å². The van der Waals surface area contributed by atoms with Gasteiger partial charge in [-0.05, 0) is 43.0 Å². The molecule has 1 amide bonds. The van der Waals surface area contributed by atoms with Gasteiger partial charge < -0.3 is 15.5 Å². The maximum absolute atomic E-state index is 11.8. The molecule has 1 rings (SSSR count). The molecule has 0 saturated carbocycles. The summed E-state index contributed by atoms with van der Waals surface area (Å²) in [6, 6.07) is 8.19. The van der Waals surface area contributed by atoms with Gasteiger partial charge in [-0.25, -0.2) is 0 Å². The molecule has 0 unspecified atom stereocenters. The first kappa shape index (κ1) is 15.7. The third-order valence-electron chi connectivity index (χ3n) is 2.67. The van der Waals surface area contributed by atoms with Crippen LogP contribution in [0.25, 0.3) is 6.08 Å². The molecule has 5 nitrogen and oxygen atoms in total. The van der Waals surface area contributed by atoms with Crippen molar-refractivity contribution in [2.24, 2.45) is 0 Å². The minimum Gasteiger partial charge on any atom is -0.508 e. The molecule has 106 valence electrons. The average Bonchev–Trinajstić information content (AvgIpc) is 2.44. The van der Waals surface area contributed by atoms with Crippen LogP contribution in [0.5, 0.6) is 5.75 Å². The highest BCUT2D eigenvalue weighted by Gasteiger charge is 2.08. The minimum absolute atomic E-state index is 0.00208. The smallest absolute Gasteiger partial charge is 0.261 e. The van der Waals surface area contributed by atoms with E-state index in [1.165, 1.54) is 18.2 Å². The molecular weight excluding hydrogens is 256 g/mol. The number of amides is 1. The fourth-order valence-electron chi connectivity index (χ4n) is 1.64. The molecule has 0 radical (unpaired) electrons. The number of phenolic OH excluding ortho intramolecular Hbond substituents is 1. The van der Waals surface area contributed by atoms with Gasteiger partial charge in [-0.2, -0.15) is 5.26 Å². The van der Waals surface area contributed by atoms with Gasteiger partial charge in [0.1, 0.15) is 17.4 Å². The quantitative estimate of drug-likeness (QED) is 0.400. The summed E-state index contributed by atoms with van der Waals surface area (Å²) >= 11 is 0. The molecule has 0 saturated heterocycles. The molecule has 5 heteroatoms. The second-order valence-electron chi connectivity index (χ2n) is 4.30. The number of aliphatic hydroxyl groups excluding tert-OH is 1. The molecule has 0 spiro atoms. The highest BCUT2D eigenvalue weighted by Crippen LogP contribution is 2.14. The maximum atomic E-state index is 11.8. The number of phenols is 1. The third-order valence-corrected chi connectivity index (χ3v) is 2.67. The summed E-state index contributed by atoms with van der Waals surface area (Å²) in [6.45, 7) is 0.618. The van der Waals surface area contributed by atoms with Crippen molar-refractivity contribution < 1.29 is 15.0 Å². The Morgan fingerprint density at radius 1 is 1.35 bits per heavy atom. The average molecular weight is 274 g/mol. The topological polar surface area (TPSA) is 93.3 Å². The van der Waals surface area contributed by atoms with E-state index in [1.807, 2.05) is 6.07 Å². The Kier molecular flexibility index (Phi) is 6.87. The standard InChI is InChI=1S/C15H18N2O3/c16-11-13(9-12-5-4-6-14(19)10-12)15(20)17-7-2-1-3-8-18/h4-6,9-10,18-19H,1-3,7-8H2,(H,17,20)/b13-9+. The van der Waals surface area contributed by atoms with Gasteiger partial charge in [-0.1, -0.05) is 12.1 Å². The van der Waals surface area contributed by atoms with Gasteiger partial charge in [0.25, 0.3) is 5.91 Å². The Bertz CT molecular complexity index is 518. The summed E-state index contributed by atoms with van der Waals surface area (Å²) in [7, 11) is 0. The molecule has 1 aromatic carbocycles. The van der Waals surface area contributed by atoms with E-state index < -0.39 is 5.91 Å². The number of unbranched alkanes of at least 4 members (excludes halogenated alkanes) is 2. The zero-order valence-corrected chi connectivity index (χ0v) is 11.2. The first-order valence-electron chi connectivity index (χ1n) is 6.47. The summed E-state index contributed by atoms with van der Waals surface area (Å²) in [5, 5.41) is 29.6. The molecule has 0 aliphatic rings. The Morgan fingerprint density at radius 2 is 2.15 bits per heavy atom. The summed E-state index contributed by atoms with van der Waals surface area (Å²) in [5.41, 5.74) is 0.592. The van der Waals surface area contributed by atoms with E-state index in [1.54, 1.807) is 12.1 Å². The zero-order valence-electron chi connectivity index (χ0n) is 11.2. The van der Waals surface area contributed by atoms with Crippen LogP contribution < -0.4 is 5.32 Å². The summed E-state index contributed by atoms with van der Waals surface area (Å²) < 4.78 is 0. The van der Waals surface area contributed by atoms with Crippen molar-refractivity contribution in [2.45, 2.75) is 19.3 Å². The highest BCUT2D eigenvalue weighted by molar-refractivity contribution is 6.01. The van der Waals surface area contributed by atoms with Crippen molar-refractivity contribution in [1.29, 1.82) is 5.26 Å². The second-order valence-corrected chi connectivity index (χ2v) is 4.30. The Balaban J connectivity index is 2.57. The maximum Gasteiger partial charge on any atom is 0.261 e. The van der Waals surface area contributed by atoms with Crippen molar-refractivity contribution >= 4 is 12.0 Å². The number of hydrogen-bond donors (Lipinski definition) is 3. The van der Waals surface area contributed by atoms with E-state index in [9.17, 15) is 9.90 Å². The molecule has 20 heavy (non-hydrogen) atoms. The Hall–Kier alpha value is -2.32. The van der Waals surface area contributed by atoms with Crippen LogP contribution in [0.15, 0.2) is 29.8 Å². The van der Waals surface area contributed by atoms with Crippen LogP contribution in [-0.4, -0.2) is 29.3 Å². The van der Waals surface area contributed by atoms with E-state index in [0.29, 0.717) is 18.5 Å². The molecular formula is C15H18N2O3. The van der Waals surface area contributed by atoms with Crippen molar-refractivity contribution in [3.05, 3.63) is 35.4 Å². The van der Waals surface area contributed by atoms with Crippen LogP contribution in [0, 0.1) is 11.3 Å². The lowest BCUT2D eigenvalue weighted by molar-refractivity contribution is -0.117. The van der Waals surface area contributed by atoms with Gasteiger partial charge in [0.05, 0.1) is 0 Å². The molecule has 0 bridgehead atoms. The number of aliphatic hydroxyl groups is 1. The van der Waals surface area contributed by atoms with Crippen molar-refractivity contribution in [3.63, 3.8) is 0 Å². The largest absolute Gasteiger partial charge is 0.508 e. The normalized spacial score (nSPS) is 10.9. The predicted octanol–water partition coefficient (Wildman–Crippen LogP) is 1.58. The lowest BCUT2D eigenvalue weighted by Crippen LogP contribution is -2.25. The number of carbonyl (C=O) groups is 1. The van der Waals surface area contributed by atoms with E-state index >= 15 is 0 Å². The number of hydrogen-bond acceptors (Lipinski definition) is 4. The SMILES string of the molecule is N#C/C(=C\c1cccc(O)c1)C(=O)NCCCCCO. The first-order valence-corrected chi connectivity index (χ1v) is 6.47. The number of nitriles is 1. The molecule has 0 aliphatic heterocycles. The number of aromatic hydroxyl groups is 1. The van der Waals surface area contributed by atoms with Crippen molar-refractivity contribution in [2.75, 3.05) is 13.2 Å². The van der Waals surface area contributed by atoms with E-state index in [0.717, 1.165) is 12.8 Å². The summed E-state index contributed by atoms with van der Waals surface area (Å²) in [4.78, 5) is 11.8. The third kappa shape index (κ3) is 5.55. The molecule has 0 aliphatic carbocycles. The minimum atomic E-state index is -0.431. The van der Waals surface area contributed by atoms with Crippen LogP contribution in [-0.2, 0) is 4.79 Å². The van der Waals surface area contributed by atoms with Crippen LogP contribution in [0.4, 0.5) is 0 Å². The Morgan fingerprint density at radius 3 is 2.80 bits per heavy atom. The lowest BCUT2D eigenvalue weighted by atomic mass is 10.1. The summed E-state index contributed by atoms with van der Waals surface area (Å²) in [6.07, 6.45) is 3.73. The number of nitrogens with zero attached hydrogens (tertiary/aromatic N) is 1. The molecule has 0 aromatic heterocycles. The monoisotopic (exact) mass is 274 g/mol. The van der Waals surface area contributed by atoms with Crippen LogP contribution in [0.1, 0.15) is 24.8 Å². The van der Waals surface area contributed by atoms with Gasteiger partial charge in [0, 0.05) is 13.2 Å². The van der Waals surface area contributed by atoms with Crippen molar-refractivity contribution in [1.82, 2.24) is 5.32 Å². The molecule has 0 atom stereocenters. The van der Waals surface area contributed by atoms with Crippen LogP contribution in [0.2, 0.25) is 0 Å².